The number of benzene rings is 1. The molecule has 0 spiro atoms. The van der Waals surface area contributed by atoms with Crippen molar-refractivity contribution in [1.82, 2.24) is 25.4 Å². The molecule has 0 bridgehead atoms. The first-order valence-electron chi connectivity index (χ1n) is 10.8. The van der Waals surface area contributed by atoms with E-state index in [4.69, 9.17) is 4.74 Å². The van der Waals surface area contributed by atoms with Gasteiger partial charge in [-0.1, -0.05) is 0 Å². The maximum absolute atomic E-state index is 13.1. The zero-order chi connectivity index (χ0) is 22.8. The molecular weight excluding hydrogens is 404 g/mol. The number of hydrogen-bond acceptors (Lipinski definition) is 6. The lowest BCUT2D eigenvalue weighted by molar-refractivity contribution is 0.0939. The van der Waals surface area contributed by atoms with Crippen LogP contribution < -0.4 is 20.3 Å². The van der Waals surface area contributed by atoms with Crippen molar-refractivity contribution >= 4 is 11.7 Å². The Balaban J connectivity index is 1.54. The van der Waals surface area contributed by atoms with Gasteiger partial charge in [0.1, 0.15) is 11.6 Å². The second-order valence-electron chi connectivity index (χ2n) is 8.34. The third-order valence-electron chi connectivity index (χ3n) is 6.00. The number of rotatable bonds is 7. The summed E-state index contributed by atoms with van der Waals surface area (Å²) < 4.78 is 7.27. The fourth-order valence-electron chi connectivity index (χ4n) is 3.86. The topological polar surface area (TPSA) is 84.3 Å². The molecule has 3 heterocycles. The summed E-state index contributed by atoms with van der Waals surface area (Å²) in [4.78, 5) is 19.8. The van der Waals surface area contributed by atoms with Crippen LogP contribution in [0.15, 0.2) is 42.9 Å². The van der Waals surface area contributed by atoms with Gasteiger partial charge in [0, 0.05) is 49.7 Å². The van der Waals surface area contributed by atoms with Crippen LogP contribution in [0.2, 0.25) is 0 Å². The lowest BCUT2D eigenvalue weighted by Gasteiger charge is -2.40. The van der Waals surface area contributed by atoms with Gasteiger partial charge in [0.2, 0.25) is 0 Å². The molecule has 1 atom stereocenters. The SMILES string of the molecule is CNC1CN(c2cc(C(=O)NC(C)c3cc(OC)cc(-c4cnn(C)c4)c3)c(C)cn2)C1. The average molecular weight is 435 g/mol. The Morgan fingerprint density at radius 3 is 2.62 bits per heavy atom. The molecule has 3 aromatic rings. The third-order valence-corrected chi connectivity index (χ3v) is 6.00. The normalized spacial score (nSPS) is 14.7. The molecule has 1 aliphatic rings. The van der Waals surface area contributed by atoms with E-state index in [-0.39, 0.29) is 11.9 Å². The third kappa shape index (κ3) is 4.45. The number of likely N-dealkylation sites (N-methyl/N-ethyl adjacent to an activating group) is 1. The van der Waals surface area contributed by atoms with E-state index in [1.807, 2.05) is 58.5 Å². The van der Waals surface area contributed by atoms with Gasteiger partial charge in [-0.2, -0.15) is 5.10 Å². The molecule has 0 aliphatic carbocycles. The predicted octanol–water partition coefficient (Wildman–Crippen LogP) is 2.70. The molecule has 0 saturated carbocycles. The Kier molecular flexibility index (Phi) is 6.14. The standard InChI is InChI=1S/C24H30N6O2/c1-15-10-26-23(30-13-20(14-30)25-3)9-22(15)24(31)28-16(2)17-6-18(8-21(7-17)32-5)19-11-27-29(4)12-19/h6-12,16,20,25H,13-14H2,1-5H3,(H,28,31). The zero-order valence-corrected chi connectivity index (χ0v) is 19.2. The highest BCUT2D eigenvalue weighted by molar-refractivity contribution is 5.96. The fourth-order valence-corrected chi connectivity index (χ4v) is 3.86. The number of methoxy groups -OCH3 is 1. The minimum atomic E-state index is -0.207. The Morgan fingerprint density at radius 2 is 1.97 bits per heavy atom. The van der Waals surface area contributed by atoms with Crippen LogP contribution in [0.25, 0.3) is 11.1 Å². The van der Waals surface area contributed by atoms with Gasteiger partial charge in [-0.3, -0.25) is 9.48 Å². The zero-order valence-electron chi connectivity index (χ0n) is 19.2. The highest BCUT2D eigenvalue weighted by Gasteiger charge is 2.27. The number of ether oxygens (including phenoxy) is 1. The summed E-state index contributed by atoms with van der Waals surface area (Å²) in [5.41, 5.74) is 4.45. The van der Waals surface area contributed by atoms with Gasteiger partial charge >= 0.3 is 0 Å². The van der Waals surface area contributed by atoms with Crippen LogP contribution in [0.4, 0.5) is 5.82 Å². The summed E-state index contributed by atoms with van der Waals surface area (Å²) in [5.74, 6) is 1.46. The van der Waals surface area contributed by atoms with Gasteiger partial charge in [0.05, 0.1) is 19.3 Å². The van der Waals surface area contributed by atoms with E-state index in [1.54, 1.807) is 18.0 Å². The number of aromatic nitrogens is 3. The quantitative estimate of drug-likeness (QED) is 0.595. The molecule has 1 unspecified atom stereocenters. The first kappa shape index (κ1) is 21.8. The van der Waals surface area contributed by atoms with E-state index in [9.17, 15) is 4.79 Å². The maximum Gasteiger partial charge on any atom is 0.252 e. The van der Waals surface area contributed by atoms with Crippen molar-refractivity contribution < 1.29 is 9.53 Å². The van der Waals surface area contributed by atoms with Crippen molar-refractivity contribution in [2.24, 2.45) is 7.05 Å². The number of hydrogen-bond donors (Lipinski definition) is 2. The number of nitrogens with one attached hydrogen (secondary N) is 2. The van der Waals surface area contributed by atoms with Crippen molar-refractivity contribution in [2.75, 3.05) is 32.1 Å². The van der Waals surface area contributed by atoms with Crippen LogP contribution in [0.1, 0.15) is 34.5 Å². The van der Waals surface area contributed by atoms with E-state index in [2.05, 4.69) is 31.7 Å². The van der Waals surface area contributed by atoms with Crippen LogP contribution in [0, 0.1) is 6.92 Å². The molecule has 4 rings (SSSR count). The Morgan fingerprint density at radius 1 is 1.19 bits per heavy atom. The van der Waals surface area contributed by atoms with Gasteiger partial charge in [-0.25, -0.2) is 4.98 Å². The van der Waals surface area contributed by atoms with Gasteiger partial charge in [0.15, 0.2) is 0 Å². The van der Waals surface area contributed by atoms with Crippen LogP contribution in [-0.2, 0) is 7.05 Å². The number of pyridine rings is 1. The Hall–Kier alpha value is -3.39. The summed E-state index contributed by atoms with van der Waals surface area (Å²) in [6.45, 7) is 5.68. The Bertz CT molecular complexity index is 1120. The van der Waals surface area contributed by atoms with Crippen LogP contribution in [0.3, 0.4) is 0 Å². The first-order valence-corrected chi connectivity index (χ1v) is 10.8. The molecule has 1 aliphatic heterocycles. The maximum atomic E-state index is 13.1. The molecule has 2 N–H and O–H groups in total. The van der Waals surface area contributed by atoms with E-state index < -0.39 is 0 Å². The minimum absolute atomic E-state index is 0.116. The second-order valence-corrected chi connectivity index (χ2v) is 8.34. The van der Waals surface area contributed by atoms with Crippen LogP contribution in [0.5, 0.6) is 5.75 Å². The monoisotopic (exact) mass is 434 g/mol. The molecule has 1 fully saturated rings. The molecule has 1 saturated heterocycles. The number of anilines is 1. The van der Waals surface area contributed by atoms with Gasteiger partial charge < -0.3 is 20.3 Å². The molecule has 1 aromatic carbocycles. The second kappa shape index (κ2) is 9.00. The summed E-state index contributed by atoms with van der Waals surface area (Å²) in [6, 6.07) is 8.13. The smallest absolute Gasteiger partial charge is 0.252 e. The molecular formula is C24H30N6O2. The number of carbonyl (C=O) groups excluding carboxylic acids is 1. The minimum Gasteiger partial charge on any atom is -0.497 e. The largest absolute Gasteiger partial charge is 0.497 e. The number of nitrogens with zero attached hydrogens (tertiary/aromatic N) is 4. The van der Waals surface area contributed by atoms with Crippen molar-refractivity contribution in [3.63, 3.8) is 0 Å². The first-order chi connectivity index (χ1) is 15.4. The van der Waals surface area contributed by atoms with Gasteiger partial charge in [-0.05, 0) is 61.9 Å². The number of amides is 1. The predicted molar refractivity (Wildman–Crippen MR) is 125 cm³/mol. The molecule has 1 amide bonds. The van der Waals surface area contributed by atoms with Crippen molar-refractivity contribution in [1.29, 1.82) is 0 Å². The molecule has 32 heavy (non-hydrogen) atoms. The molecule has 8 heteroatoms. The summed E-state index contributed by atoms with van der Waals surface area (Å²) in [6.07, 6.45) is 5.55. The number of carbonyl (C=O) groups is 1. The van der Waals surface area contributed by atoms with Crippen LogP contribution in [-0.4, -0.2) is 54.0 Å². The van der Waals surface area contributed by atoms with Gasteiger partial charge in [-0.15, -0.1) is 0 Å². The van der Waals surface area contributed by atoms with Crippen molar-refractivity contribution in [2.45, 2.75) is 25.9 Å². The van der Waals surface area contributed by atoms with E-state index in [0.29, 0.717) is 11.6 Å². The van der Waals surface area contributed by atoms with Crippen molar-refractivity contribution in [3.05, 3.63) is 59.5 Å². The Labute approximate surface area is 188 Å². The average Bonchev–Trinajstić information content (AvgIpc) is 3.20. The lowest BCUT2D eigenvalue weighted by atomic mass is 10.0. The van der Waals surface area contributed by atoms with E-state index in [0.717, 1.165) is 46.9 Å². The number of aryl methyl sites for hydroxylation is 2. The highest BCUT2D eigenvalue weighted by Crippen LogP contribution is 2.29. The molecule has 2 aromatic heterocycles. The molecule has 0 radical (unpaired) electrons. The summed E-state index contributed by atoms with van der Waals surface area (Å²) in [7, 11) is 5.49. The lowest BCUT2D eigenvalue weighted by Crippen LogP contribution is -2.57. The summed E-state index contributed by atoms with van der Waals surface area (Å²) in [5, 5.41) is 10.7. The highest BCUT2D eigenvalue weighted by atomic mass is 16.5. The van der Waals surface area contributed by atoms with Crippen molar-refractivity contribution in [3.8, 4) is 16.9 Å². The van der Waals surface area contributed by atoms with Gasteiger partial charge in [0.25, 0.3) is 5.91 Å². The molecule has 168 valence electrons. The van der Waals surface area contributed by atoms with Crippen LogP contribution >= 0.6 is 0 Å². The van der Waals surface area contributed by atoms with E-state index in [1.165, 1.54) is 0 Å². The summed E-state index contributed by atoms with van der Waals surface area (Å²) >= 11 is 0. The molecule has 8 nitrogen and oxygen atoms in total. The fraction of sp³-hybridized carbons (Fsp3) is 0.375. The van der Waals surface area contributed by atoms with E-state index >= 15 is 0 Å².